The Morgan fingerprint density at radius 3 is 2.50 bits per heavy atom. The van der Waals surface area contributed by atoms with Crippen LogP contribution in [0.2, 0.25) is 0 Å². The second kappa shape index (κ2) is 9.27. The van der Waals surface area contributed by atoms with Crippen molar-refractivity contribution in [2.45, 2.75) is 19.3 Å². The van der Waals surface area contributed by atoms with E-state index in [1.54, 1.807) is 38.1 Å². The molecule has 0 radical (unpaired) electrons. The van der Waals surface area contributed by atoms with E-state index < -0.39 is 5.44 Å². The van der Waals surface area contributed by atoms with E-state index in [1.807, 2.05) is 0 Å². The summed E-state index contributed by atoms with van der Waals surface area (Å²) >= 11 is 4.10. The number of carbonyl (C=O) groups excluding carboxylic acids is 2. The first-order valence-corrected chi connectivity index (χ1v) is 7.47. The lowest BCUT2D eigenvalue weighted by atomic mass is 10.1. The monoisotopic (exact) mass is 323 g/mol. The number of thiol groups is 1. The smallest absolute Gasteiger partial charge is 0.246 e. The highest BCUT2D eigenvalue weighted by atomic mass is 32.1. The minimum Gasteiger partial charge on any atom is -0.492 e. The molecule has 1 unspecified atom stereocenters. The molecule has 1 aromatic rings. The van der Waals surface area contributed by atoms with Crippen LogP contribution in [0.1, 0.15) is 24.2 Å². The summed E-state index contributed by atoms with van der Waals surface area (Å²) in [5.41, 5.74) is 0.212. The number of amides is 1. The van der Waals surface area contributed by atoms with Crippen LogP contribution in [0.5, 0.6) is 5.75 Å². The van der Waals surface area contributed by atoms with Crippen LogP contribution in [-0.2, 0) is 9.53 Å². The summed E-state index contributed by atoms with van der Waals surface area (Å²) < 4.78 is 10.6. The minimum absolute atomic E-state index is 0.189. The van der Waals surface area contributed by atoms with E-state index in [0.29, 0.717) is 36.6 Å². The van der Waals surface area contributed by atoms with Gasteiger partial charge in [0.2, 0.25) is 11.7 Å². The zero-order valence-corrected chi connectivity index (χ0v) is 13.7. The molecule has 0 spiro atoms. The summed E-state index contributed by atoms with van der Waals surface area (Å²) in [7, 11) is 0. The number of benzene rings is 1. The van der Waals surface area contributed by atoms with Gasteiger partial charge in [-0.05, 0) is 38.1 Å². The number of ketones is 1. The maximum atomic E-state index is 11.9. The van der Waals surface area contributed by atoms with Gasteiger partial charge in [0.25, 0.3) is 0 Å². The Morgan fingerprint density at radius 1 is 1.32 bits per heavy atom. The van der Waals surface area contributed by atoms with Gasteiger partial charge in [0, 0.05) is 17.7 Å². The quantitative estimate of drug-likeness (QED) is 0.240. The van der Waals surface area contributed by atoms with Crippen molar-refractivity contribution in [2.75, 3.05) is 19.8 Å². The summed E-state index contributed by atoms with van der Waals surface area (Å²) in [6, 6.07) is 6.71. The number of Topliss-reactive ketones (excluding diaryl/α,β-unsaturated/α-hetero) is 1. The van der Waals surface area contributed by atoms with Crippen molar-refractivity contribution < 1.29 is 19.1 Å². The molecule has 6 heteroatoms. The number of ether oxygens (including phenoxy) is 2. The fourth-order valence-corrected chi connectivity index (χ4v) is 1.87. The first-order chi connectivity index (χ1) is 10.5. The number of hydrogen-bond donors (Lipinski definition) is 2. The summed E-state index contributed by atoms with van der Waals surface area (Å²) in [4.78, 5) is 23.2. The van der Waals surface area contributed by atoms with Crippen molar-refractivity contribution in [3.8, 4) is 5.75 Å². The standard InChI is InChI=1S/C16H21NO4S/c1-4-20-16(22)14(18)12-5-7-13(8-6-12)21-10-9-17-15(19)11(2)3/h5-8,16,22H,2,4,9-10H2,1,3H3,(H,17,19). The van der Waals surface area contributed by atoms with Gasteiger partial charge in [0.1, 0.15) is 12.4 Å². The molecule has 0 aliphatic rings. The fourth-order valence-electron chi connectivity index (χ4n) is 1.58. The van der Waals surface area contributed by atoms with Crippen molar-refractivity contribution in [2.24, 2.45) is 0 Å². The van der Waals surface area contributed by atoms with Crippen molar-refractivity contribution in [1.82, 2.24) is 5.32 Å². The summed E-state index contributed by atoms with van der Waals surface area (Å²) in [5, 5.41) is 2.67. The van der Waals surface area contributed by atoms with Crippen molar-refractivity contribution in [3.05, 3.63) is 42.0 Å². The van der Waals surface area contributed by atoms with Crippen LogP contribution in [0, 0.1) is 0 Å². The SMILES string of the molecule is C=C(C)C(=O)NCCOc1ccc(C(=O)C(S)OCC)cc1. The molecule has 0 saturated heterocycles. The zero-order valence-electron chi connectivity index (χ0n) is 12.8. The van der Waals surface area contributed by atoms with Crippen LogP contribution < -0.4 is 10.1 Å². The highest BCUT2D eigenvalue weighted by molar-refractivity contribution is 7.81. The molecule has 0 fully saturated rings. The molecule has 1 amide bonds. The van der Waals surface area contributed by atoms with E-state index in [1.165, 1.54) is 0 Å². The molecule has 5 nitrogen and oxygen atoms in total. The molecule has 1 atom stereocenters. The lowest BCUT2D eigenvalue weighted by molar-refractivity contribution is -0.117. The third kappa shape index (κ3) is 5.91. The second-order valence-electron chi connectivity index (χ2n) is 4.58. The van der Waals surface area contributed by atoms with Crippen LogP contribution in [0.3, 0.4) is 0 Å². The number of carbonyl (C=O) groups is 2. The van der Waals surface area contributed by atoms with E-state index in [0.717, 1.165) is 0 Å². The number of hydrogen-bond acceptors (Lipinski definition) is 5. The van der Waals surface area contributed by atoms with Gasteiger partial charge in [0.05, 0.1) is 6.54 Å². The third-order valence-corrected chi connectivity index (χ3v) is 3.12. The molecular formula is C16H21NO4S. The molecule has 1 aromatic carbocycles. The van der Waals surface area contributed by atoms with E-state index >= 15 is 0 Å². The maximum absolute atomic E-state index is 11.9. The van der Waals surface area contributed by atoms with Gasteiger partial charge < -0.3 is 14.8 Å². The Hall–Kier alpha value is -1.79. The Bertz CT molecular complexity index is 527. The molecular weight excluding hydrogens is 302 g/mol. The normalized spacial score (nSPS) is 11.6. The van der Waals surface area contributed by atoms with Gasteiger partial charge in [0.15, 0.2) is 5.44 Å². The Labute approximate surface area is 136 Å². The van der Waals surface area contributed by atoms with E-state index in [-0.39, 0.29) is 11.7 Å². The minimum atomic E-state index is -0.755. The van der Waals surface area contributed by atoms with E-state index in [9.17, 15) is 9.59 Å². The highest BCUT2D eigenvalue weighted by Crippen LogP contribution is 2.15. The summed E-state index contributed by atoms with van der Waals surface area (Å²) in [5.74, 6) is 0.235. The molecule has 1 rings (SSSR count). The van der Waals surface area contributed by atoms with Crippen LogP contribution >= 0.6 is 12.6 Å². The average Bonchev–Trinajstić information content (AvgIpc) is 2.51. The van der Waals surface area contributed by atoms with Gasteiger partial charge >= 0.3 is 0 Å². The van der Waals surface area contributed by atoms with Crippen LogP contribution in [-0.4, -0.2) is 36.9 Å². The lowest BCUT2D eigenvalue weighted by Gasteiger charge is -2.11. The van der Waals surface area contributed by atoms with Crippen LogP contribution in [0.25, 0.3) is 0 Å². The number of nitrogens with one attached hydrogen (secondary N) is 1. The summed E-state index contributed by atoms with van der Waals surface area (Å²) in [6.45, 7) is 8.14. The van der Waals surface area contributed by atoms with Crippen molar-refractivity contribution in [1.29, 1.82) is 0 Å². The number of rotatable bonds is 9. The first-order valence-electron chi connectivity index (χ1n) is 6.96. The van der Waals surface area contributed by atoms with Gasteiger partial charge in [-0.3, -0.25) is 9.59 Å². The Balaban J connectivity index is 2.43. The largest absolute Gasteiger partial charge is 0.492 e. The van der Waals surface area contributed by atoms with E-state index in [2.05, 4.69) is 24.5 Å². The highest BCUT2D eigenvalue weighted by Gasteiger charge is 2.15. The molecule has 0 saturated carbocycles. The average molecular weight is 323 g/mol. The van der Waals surface area contributed by atoms with Gasteiger partial charge in [-0.25, -0.2) is 0 Å². The molecule has 22 heavy (non-hydrogen) atoms. The molecule has 0 aliphatic heterocycles. The lowest BCUT2D eigenvalue weighted by Crippen LogP contribution is -2.28. The molecule has 1 N–H and O–H groups in total. The first kappa shape index (κ1) is 18.3. The third-order valence-electron chi connectivity index (χ3n) is 2.73. The predicted octanol–water partition coefficient (Wildman–Crippen LogP) is 2.23. The summed E-state index contributed by atoms with van der Waals surface area (Å²) in [6.07, 6.45) is 0. The molecule has 0 aromatic heterocycles. The molecule has 0 aliphatic carbocycles. The molecule has 0 bridgehead atoms. The predicted molar refractivity (Wildman–Crippen MR) is 88.5 cm³/mol. The Morgan fingerprint density at radius 2 is 1.95 bits per heavy atom. The zero-order chi connectivity index (χ0) is 16.5. The second-order valence-corrected chi connectivity index (χ2v) is 5.05. The van der Waals surface area contributed by atoms with Crippen molar-refractivity contribution >= 4 is 24.3 Å². The van der Waals surface area contributed by atoms with Gasteiger partial charge in [-0.2, -0.15) is 0 Å². The van der Waals surface area contributed by atoms with Crippen molar-refractivity contribution in [3.63, 3.8) is 0 Å². The fraction of sp³-hybridized carbons (Fsp3) is 0.375. The van der Waals surface area contributed by atoms with Gasteiger partial charge in [-0.1, -0.05) is 6.58 Å². The van der Waals surface area contributed by atoms with Crippen LogP contribution in [0.15, 0.2) is 36.4 Å². The molecule has 0 heterocycles. The topological polar surface area (TPSA) is 64.6 Å². The van der Waals surface area contributed by atoms with E-state index in [4.69, 9.17) is 9.47 Å². The van der Waals surface area contributed by atoms with Crippen LogP contribution in [0.4, 0.5) is 0 Å². The molecule has 120 valence electrons. The maximum Gasteiger partial charge on any atom is 0.246 e. The van der Waals surface area contributed by atoms with Gasteiger partial charge in [-0.15, -0.1) is 12.6 Å². The Kier molecular flexibility index (Phi) is 7.70.